The maximum atomic E-state index is 11.8. The van der Waals surface area contributed by atoms with Crippen molar-refractivity contribution < 1.29 is 32.0 Å². The smallest absolute Gasteiger partial charge is 0.335 e. The van der Waals surface area contributed by atoms with Crippen molar-refractivity contribution in [1.29, 1.82) is 0 Å². The molecule has 7 nitrogen and oxygen atoms in total. The first-order valence-electron chi connectivity index (χ1n) is 10.8. The molecule has 0 amide bonds. The minimum Gasteiger partial charge on any atom is -0.454 e. The number of fused-ring (bicyclic) bond motifs is 1. The van der Waals surface area contributed by atoms with Gasteiger partial charge in [-0.15, -0.1) is 0 Å². The Hall–Kier alpha value is -0.296. The minimum atomic E-state index is -2.79. The molecule has 2 fully saturated rings. The second-order valence-electron chi connectivity index (χ2n) is 9.41. The van der Waals surface area contributed by atoms with Gasteiger partial charge in [0.2, 0.25) is 0 Å². The lowest BCUT2D eigenvalue weighted by Crippen LogP contribution is -2.66. The predicted octanol–water partition coefficient (Wildman–Crippen LogP) is 4.25. The zero-order chi connectivity index (χ0) is 22.1. The summed E-state index contributed by atoms with van der Waals surface area (Å²) < 4.78 is 37.9. The Bertz CT molecular complexity index is 551. The van der Waals surface area contributed by atoms with Crippen LogP contribution in [0.4, 0.5) is 0 Å². The number of ether oxygens (including phenoxy) is 3. The van der Waals surface area contributed by atoms with Gasteiger partial charge in [0.25, 0.3) is 0 Å². The van der Waals surface area contributed by atoms with Crippen molar-refractivity contribution in [2.24, 2.45) is 0 Å². The third-order valence-electron chi connectivity index (χ3n) is 6.13. The summed E-state index contributed by atoms with van der Waals surface area (Å²) in [6.07, 6.45) is -2.18. The SMILES string of the molecule is CO[C@@H]1O[C@@H]2CO[Si](C(C)C)(C(C)C)O[Si](C(C)C)(C(C)C)O[C@H]2[C@H]1OC(C)=O. The first-order chi connectivity index (χ1) is 13.4. The fourth-order valence-electron chi connectivity index (χ4n) is 4.61. The van der Waals surface area contributed by atoms with E-state index in [1.807, 2.05) is 0 Å². The lowest BCUT2D eigenvalue weighted by molar-refractivity contribution is -0.178. The second-order valence-corrected chi connectivity index (χ2v) is 18.3. The molecule has 0 aromatic heterocycles. The number of rotatable bonds is 6. The van der Waals surface area contributed by atoms with Gasteiger partial charge in [0.05, 0.1) is 6.61 Å². The van der Waals surface area contributed by atoms with E-state index in [1.165, 1.54) is 6.92 Å². The first kappa shape index (κ1) is 25.0. The average molecular weight is 449 g/mol. The van der Waals surface area contributed by atoms with E-state index >= 15 is 0 Å². The molecule has 2 rings (SSSR count). The Morgan fingerprint density at radius 2 is 1.45 bits per heavy atom. The second kappa shape index (κ2) is 9.46. The summed E-state index contributed by atoms with van der Waals surface area (Å²) in [5.74, 6) is -0.386. The van der Waals surface area contributed by atoms with Gasteiger partial charge in [-0.1, -0.05) is 55.4 Å². The largest absolute Gasteiger partial charge is 0.454 e. The van der Waals surface area contributed by atoms with E-state index in [-0.39, 0.29) is 34.2 Å². The van der Waals surface area contributed by atoms with Crippen LogP contribution >= 0.6 is 0 Å². The Labute approximate surface area is 178 Å². The molecule has 4 atom stereocenters. The van der Waals surface area contributed by atoms with Gasteiger partial charge in [-0.2, -0.15) is 0 Å². The quantitative estimate of drug-likeness (QED) is 0.444. The molecular formula is C20H40O7Si2. The highest BCUT2D eigenvalue weighted by Gasteiger charge is 2.62. The number of hydrogen-bond acceptors (Lipinski definition) is 7. The van der Waals surface area contributed by atoms with Gasteiger partial charge < -0.3 is 27.2 Å². The molecule has 0 aromatic rings. The molecule has 170 valence electrons. The van der Waals surface area contributed by atoms with Crippen LogP contribution in [0.3, 0.4) is 0 Å². The molecule has 0 aliphatic carbocycles. The normalized spacial score (nSPS) is 31.8. The molecule has 9 heteroatoms. The Balaban J connectivity index is 2.56. The number of esters is 1. The van der Waals surface area contributed by atoms with Gasteiger partial charge in [-0.25, -0.2) is 0 Å². The van der Waals surface area contributed by atoms with Gasteiger partial charge in [0, 0.05) is 14.0 Å². The maximum absolute atomic E-state index is 11.8. The van der Waals surface area contributed by atoms with Crippen LogP contribution in [0, 0.1) is 0 Å². The van der Waals surface area contributed by atoms with Crippen LogP contribution in [0.1, 0.15) is 62.3 Å². The summed E-state index contributed by atoms with van der Waals surface area (Å²) in [7, 11) is -3.86. The first-order valence-corrected chi connectivity index (χ1v) is 14.7. The molecule has 0 radical (unpaired) electrons. The highest BCUT2D eigenvalue weighted by molar-refractivity contribution is 6.83. The van der Waals surface area contributed by atoms with Crippen molar-refractivity contribution in [3.63, 3.8) is 0 Å². The fourth-order valence-corrected chi connectivity index (χ4v) is 15.8. The van der Waals surface area contributed by atoms with Crippen molar-refractivity contribution in [2.75, 3.05) is 13.7 Å². The molecule has 0 saturated carbocycles. The van der Waals surface area contributed by atoms with E-state index in [0.29, 0.717) is 6.61 Å². The zero-order valence-corrected chi connectivity index (χ0v) is 21.7. The molecule has 2 aliphatic heterocycles. The van der Waals surface area contributed by atoms with Gasteiger partial charge >= 0.3 is 23.1 Å². The maximum Gasteiger partial charge on any atom is 0.335 e. The summed E-state index contributed by atoms with van der Waals surface area (Å²) in [5, 5.41) is 0. The molecule has 0 unspecified atom stereocenters. The highest BCUT2D eigenvalue weighted by atomic mass is 28.5. The van der Waals surface area contributed by atoms with Crippen molar-refractivity contribution in [2.45, 2.75) is 109 Å². The van der Waals surface area contributed by atoms with Crippen LogP contribution in [0.5, 0.6) is 0 Å². The van der Waals surface area contributed by atoms with Crippen LogP contribution in [0.15, 0.2) is 0 Å². The molecular weight excluding hydrogens is 408 g/mol. The van der Waals surface area contributed by atoms with Crippen molar-refractivity contribution in [1.82, 2.24) is 0 Å². The van der Waals surface area contributed by atoms with E-state index in [4.69, 9.17) is 27.2 Å². The molecule has 0 N–H and O–H groups in total. The van der Waals surface area contributed by atoms with Crippen molar-refractivity contribution >= 4 is 23.1 Å². The van der Waals surface area contributed by atoms with Crippen LogP contribution in [0.25, 0.3) is 0 Å². The molecule has 2 heterocycles. The minimum absolute atomic E-state index is 0.189. The van der Waals surface area contributed by atoms with Crippen LogP contribution < -0.4 is 0 Å². The van der Waals surface area contributed by atoms with Gasteiger partial charge in [0.1, 0.15) is 12.2 Å². The van der Waals surface area contributed by atoms with E-state index in [0.717, 1.165) is 0 Å². The van der Waals surface area contributed by atoms with E-state index in [1.54, 1.807) is 7.11 Å². The summed E-state index contributed by atoms with van der Waals surface area (Å²) in [5.41, 5.74) is 0.898. The monoisotopic (exact) mass is 448 g/mol. The van der Waals surface area contributed by atoms with Crippen molar-refractivity contribution in [3.05, 3.63) is 0 Å². The summed E-state index contributed by atoms with van der Waals surface area (Å²) in [6, 6.07) is 0. The van der Waals surface area contributed by atoms with E-state index < -0.39 is 35.6 Å². The Morgan fingerprint density at radius 3 is 1.86 bits per heavy atom. The predicted molar refractivity (Wildman–Crippen MR) is 115 cm³/mol. The highest BCUT2D eigenvalue weighted by Crippen LogP contribution is 2.47. The number of hydrogen-bond donors (Lipinski definition) is 0. The number of carbonyl (C=O) groups excluding carboxylic acids is 1. The van der Waals surface area contributed by atoms with Gasteiger partial charge in [-0.3, -0.25) is 4.79 Å². The molecule has 2 aliphatic rings. The zero-order valence-electron chi connectivity index (χ0n) is 19.7. The van der Waals surface area contributed by atoms with E-state index in [2.05, 4.69) is 55.4 Å². The van der Waals surface area contributed by atoms with E-state index in [9.17, 15) is 4.79 Å². The molecule has 29 heavy (non-hydrogen) atoms. The van der Waals surface area contributed by atoms with Crippen molar-refractivity contribution in [3.8, 4) is 0 Å². The summed E-state index contributed by atoms with van der Waals surface area (Å²) in [6.45, 7) is 19.1. The van der Waals surface area contributed by atoms with Gasteiger partial charge in [0.15, 0.2) is 12.4 Å². The standard InChI is InChI=1S/C20H40O7Si2/c1-12(2)28(13(3)4)23-11-17-18(19(24-16(9)21)20(22-10)25-17)26-29(27-28,14(5)6)15(7)8/h12-15,17-20H,11H2,1-10H3/t17-,18-,19-,20-/m1/s1. The summed E-state index contributed by atoms with van der Waals surface area (Å²) in [4.78, 5) is 11.8. The lowest BCUT2D eigenvalue weighted by atomic mass is 10.1. The molecule has 0 aromatic carbocycles. The van der Waals surface area contributed by atoms with Crippen LogP contribution in [-0.4, -0.2) is 61.4 Å². The number of carbonyl (C=O) groups is 1. The van der Waals surface area contributed by atoms with Crippen LogP contribution in [0.2, 0.25) is 22.2 Å². The fraction of sp³-hybridized carbons (Fsp3) is 0.950. The molecule has 0 bridgehead atoms. The Morgan fingerprint density at radius 1 is 0.931 bits per heavy atom. The number of methoxy groups -OCH3 is 1. The van der Waals surface area contributed by atoms with Gasteiger partial charge in [-0.05, 0) is 22.2 Å². The molecule has 2 saturated heterocycles. The lowest BCUT2D eigenvalue weighted by Gasteiger charge is -2.51. The van der Waals surface area contributed by atoms with Crippen LogP contribution in [-0.2, 0) is 32.0 Å². The third-order valence-corrected chi connectivity index (χ3v) is 16.4. The Kier molecular flexibility index (Phi) is 8.14. The molecule has 0 spiro atoms. The third kappa shape index (κ3) is 4.66. The summed E-state index contributed by atoms with van der Waals surface area (Å²) >= 11 is 0. The topological polar surface area (TPSA) is 72.5 Å². The average Bonchev–Trinajstić information content (AvgIpc) is 2.89.